The van der Waals surface area contributed by atoms with Gasteiger partial charge in [0.2, 0.25) is 0 Å². The second-order valence-corrected chi connectivity index (χ2v) is 10.5. The molecule has 0 spiro atoms. The second kappa shape index (κ2) is 10.2. The number of fused-ring (bicyclic) bond motifs is 2. The molecule has 11 nitrogen and oxygen atoms in total. The second-order valence-electron chi connectivity index (χ2n) is 10.1. The molecule has 0 bridgehead atoms. The van der Waals surface area contributed by atoms with Crippen molar-refractivity contribution in [1.82, 2.24) is 33.8 Å². The number of nitrogens with zero attached hydrogens (tertiary/aromatic N) is 5. The molecule has 0 aliphatic carbocycles. The van der Waals surface area contributed by atoms with Gasteiger partial charge >= 0.3 is 5.69 Å². The predicted molar refractivity (Wildman–Crippen MR) is 150 cm³/mol. The summed E-state index contributed by atoms with van der Waals surface area (Å²) in [7, 11) is 3.24. The molecule has 3 N–H and O–H groups in total. The van der Waals surface area contributed by atoms with Gasteiger partial charge in [0, 0.05) is 55.5 Å². The first-order chi connectivity index (χ1) is 18.6. The lowest BCUT2D eigenvalue weighted by Gasteiger charge is -2.11. The Bertz CT molecular complexity index is 1840. The Hall–Kier alpha value is -4.09. The molecule has 0 unspecified atom stereocenters. The number of carbonyl (C=O) groups excluding carboxylic acids is 1. The van der Waals surface area contributed by atoms with E-state index in [9.17, 15) is 14.4 Å². The summed E-state index contributed by atoms with van der Waals surface area (Å²) in [6, 6.07) is 7.25. The van der Waals surface area contributed by atoms with E-state index in [0.717, 1.165) is 21.0 Å². The van der Waals surface area contributed by atoms with Gasteiger partial charge in [-0.1, -0.05) is 25.4 Å². The molecule has 0 radical (unpaired) electrons. The van der Waals surface area contributed by atoms with Crippen LogP contribution < -0.4 is 16.6 Å². The Morgan fingerprint density at radius 3 is 2.69 bits per heavy atom. The predicted octanol–water partition coefficient (Wildman–Crippen LogP) is 2.46. The summed E-state index contributed by atoms with van der Waals surface area (Å²) in [4.78, 5) is 42.7. The zero-order chi connectivity index (χ0) is 28.0. The van der Waals surface area contributed by atoms with Crippen molar-refractivity contribution in [3.05, 3.63) is 73.6 Å². The first-order valence-corrected chi connectivity index (χ1v) is 13.0. The normalized spacial score (nSPS) is 11.8. The van der Waals surface area contributed by atoms with Crippen molar-refractivity contribution in [2.24, 2.45) is 20.0 Å². The maximum absolute atomic E-state index is 13.6. The van der Waals surface area contributed by atoms with Crippen LogP contribution in [0.4, 0.5) is 0 Å². The molecule has 4 aromatic heterocycles. The fourth-order valence-corrected chi connectivity index (χ4v) is 5.08. The molecule has 4 heterocycles. The van der Waals surface area contributed by atoms with E-state index in [0.29, 0.717) is 33.9 Å². The smallest absolute Gasteiger partial charge is 0.332 e. The SMILES string of the molecule is CC(C)Cn1c(=O)n(C)c(=O)c2c(-c3cc(C(=O)NCCO)cn3C)n(Cc3c[nH]c4ccc(Cl)cc34)nc21. The van der Waals surface area contributed by atoms with Gasteiger partial charge in [0.25, 0.3) is 11.5 Å². The number of nitrogens with one attached hydrogen (secondary N) is 2. The van der Waals surface area contributed by atoms with Gasteiger partial charge < -0.3 is 20.0 Å². The number of hydrogen-bond acceptors (Lipinski definition) is 5. The van der Waals surface area contributed by atoms with Crippen molar-refractivity contribution in [2.75, 3.05) is 13.2 Å². The van der Waals surface area contributed by atoms with Gasteiger partial charge in [-0.2, -0.15) is 5.10 Å². The fourth-order valence-electron chi connectivity index (χ4n) is 4.90. The molecule has 5 rings (SSSR count). The number of rotatable bonds is 8. The van der Waals surface area contributed by atoms with Crippen molar-refractivity contribution in [3.63, 3.8) is 0 Å². The highest BCUT2D eigenvalue weighted by atomic mass is 35.5. The molecular formula is C27H30ClN7O4. The molecule has 39 heavy (non-hydrogen) atoms. The van der Waals surface area contributed by atoms with Crippen LogP contribution in [-0.2, 0) is 27.2 Å². The minimum Gasteiger partial charge on any atom is -0.395 e. The molecule has 0 aliphatic heterocycles. The van der Waals surface area contributed by atoms with Crippen LogP contribution in [0.15, 0.2) is 46.2 Å². The summed E-state index contributed by atoms with van der Waals surface area (Å²) < 4.78 is 6.09. The summed E-state index contributed by atoms with van der Waals surface area (Å²) in [6.07, 6.45) is 3.53. The highest BCUT2D eigenvalue weighted by Gasteiger charge is 2.25. The summed E-state index contributed by atoms with van der Waals surface area (Å²) in [5.74, 6) is -0.221. The molecule has 0 saturated carbocycles. The van der Waals surface area contributed by atoms with Crippen LogP contribution in [0.5, 0.6) is 0 Å². The lowest BCUT2D eigenvalue weighted by molar-refractivity contribution is 0.0944. The number of hydrogen-bond donors (Lipinski definition) is 3. The van der Waals surface area contributed by atoms with Crippen molar-refractivity contribution in [1.29, 1.82) is 0 Å². The Kier molecular flexibility index (Phi) is 6.96. The number of halogens is 1. The molecule has 1 amide bonds. The third-order valence-electron chi connectivity index (χ3n) is 6.73. The summed E-state index contributed by atoms with van der Waals surface area (Å²) in [5, 5.41) is 18.4. The highest BCUT2D eigenvalue weighted by Crippen LogP contribution is 2.30. The summed E-state index contributed by atoms with van der Waals surface area (Å²) >= 11 is 6.28. The molecular weight excluding hydrogens is 522 g/mol. The number of aliphatic hydroxyl groups is 1. The number of aromatic amines is 1. The lowest BCUT2D eigenvalue weighted by atomic mass is 10.1. The first-order valence-electron chi connectivity index (χ1n) is 12.6. The Morgan fingerprint density at radius 2 is 1.97 bits per heavy atom. The van der Waals surface area contributed by atoms with E-state index < -0.39 is 11.2 Å². The molecule has 1 aromatic carbocycles. The molecule has 0 aliphatic rings. The van der Waals surface area contributed by atoms with E-state index in [-0.39, 0.29) is 37.2 Å². The zero-order valence-corrected chi connectivity index (χ0v) is 22.9. The van der Waals surface area contributed by atoms with Gasteiger partial charge in [-0.3, -0.25) is 23.4 Å². The topological polar surface area (TPSA) is 132 Å². The number of aryl methyl sites for hydroxylation is 1. The van der Waals surface area contributed by atoms with E-state index >= 15 is 0 Å². The zero-order valence-electron chi connectivity index (χ0n) is 22.2. The van der Waals surface area contributed by atoms with E-state index in [1.807, 2.05) is 32.2 Å². The third-order valence-corrected chi connectivity index (χ3v) is 6.97. The van der Waals surface area contributed by atoms with Gasteiger partial charge in [0.1, 0.15) is 11.1 Å². The van der Waals surface area contributed by atoms with Gasteiger partial charge in [0.15, 0.2) is 5.65 Å². The summed E-state index contributed by atoms with van der Waals surface area (Å²) in [5.41, 5.74) is 2.62. The standard InChI is InChI=1S/C27H30ClN7O4/c1-15(2)12-34-24-22(26(38)33(4)27(34)39)23(21-9-16(13-32(21)3)25(37)29-7-8-36)35(31-24)14-17-11-30-20-6-5-18(28)10-19(17)20/h5-6,9-11,13,15,30,36H,7-8,12,14H2,1-4H3,(H,29,37). The minimum atomic E-state index is -0.467. The van der Waals surface area contributed by atoms with Crippen LogP contribution in [-0.4, -0.2) is 52.6 Å². The number of amides is 1. The number of benzene rings is 1. The van der Waals surface area contributed by atoms with E-state index in [1.54, 1.807) is 34.6 Å². The average molecular weight is 552 g/mol. The molecule has 12 heteroatoms. The highest BCUT2D eigenvalue weighted by molar-refractivity contribution is 6.31. The third kappa shape index (κ3) is 4.68. The number of H-pyrrole nitrogens is 1. The van der Waals surface area contributed by atoms with Crippen LogP contribution in [0.2, 0.25) is 5.02 Å². The molecule has 5 aromatic rings. The molecule has 204 valence electrons. The van der Waals surface area contributed by atoms with E-state index in [4.69, 9.17) is 21.8 Å². The van der Waals surface area contributed by atoms with Crippen LogP contribution in [0, 0.1) is 5.92 Å². The Labute approximate surface area is 228 Å². The maximum Gasteiger partial charge on any atom is 0.332 e. The van der Waals surface area contributed by atoms with Crippen molar-refractivity contribution < 1.29 is 9.90 Å². The van der Waals surface area contributed by atoms with E-state index in [2.05, 4.69) is 10.3 Å². The minimum absolute atomic E-state index is 0.120. The van der Waals surface area contributed by atoms with Gasteiger partial charge in [0.05, 0.1) is 24.4 Å². The largest absolute Gasteiger partial charge is 0.395 e. The molecule has 0 fully saturated rings. The van der Waals surface area contributed by atoms with Crippen LogP contribution in [0.3, 0.4) is 0 Å². The van der Waals surface area contributed by atoms with Crippen LogP contribution in [0.1, 0.15) is 29.8 Å². The molecule has 0 saturated heterocycles. The average Bonchev–Trinajstić information content (AvgIpc) is 3.59. The maximum atomic E-state index is 13.6. The van der Waals surface area contributed by atoms with Crippen LogP contribution in [0.25, 0.3) is 33.3 Å². The van der Waals surface area contributed by atoms with Crippen molar-refractivity contribution in [3.8, 4) is 11.4 Å². The van der Waals surface area contributed by atoms with Crippen molar-refractivity contribution in [2.45, 2.75) is 26.9 Å². The lowest BCUT2D eigenvalue weighted by Crippen LogP contribution is -2.38. The first kappa shape index (κ1) is 26.5. The number of aromatic nitrogens is 6. The summed E-state index contributed by atoms with van der Waals surface area (Å²) in [6.45, 7) is 4.58. The van der Waals surface area contributed by atoms with Crippen molar-refractivity contribution >= 4 is 39.4 Å². The number of carbonyl (C=O) groups is 1. The fraction of sp³-hybridized carbons (Fsp3) is 0.333. The van der Waals surface area contributed by atoms with Crippen LogP contribution >= 0.6 is 11.6 Å². The number of aliphatic hydroxyl groups excluding tert-OH is 1. The Balaban J connectivity index is 1.79. The van der Waals surface area contributed by atoms with E-state index in [1.165, 1.54) is 11.6 Å². The van der Waals surface area contributed by atoms with Gasteiger partial charge in [-0.15, -0.1) is 0 Å². The monoisotopic (exact) mass is 551 g/mol. The Morgan fingerprint density at radius 1 is 1.21 bits per heavy atom. The molecule has 0 atom stereocenters. The quantitative estimate of drug-likeness (QED) is 0.272. The van der Waals surface area contributed by atoms with Gasteiger partial charge in [-0.05, 0) is 35.7 Å². The van der Waals surface area contributed by atoms with Gasteiger partial charge in [-0.25, -0.2) is 4.79 Å².